The van der Waals surface area contributed by atoms with Crippen molar-refractivity contribution >= 4 is 5.91 Å². The van der Waals surface area contributed by atoms with Crippen LogP contribution in [0, 0.1) is 0 Å². The Morgan fingerprint density at radius 3 is 2.33 bits per heavy atom. The van der Waals surface area contributed by atoms with Crippen LogP contribution in [0.2, 0.25) is 0 Å². The first-order valence-corrected chi connectivity index (χ1v) is 7.83. The smallest absolute Gasteiger partial charge is 0.251 e. The first-order valence-electron chi connectivity index (χ1n) is 7.83. The maximum Gasteiger partial charge on any atom is 0.251 e. The minimum absolute atomic E-state index is 0.205. The van der Waals surface area contributed by atoms with Gasteiger partial charge in [-0.2, -0.15) is 0 Å². The number of benzene rings is 2. The average Bonchev–Trinajstić information content (AvgIpc) is 2.95. The van der Waals surface area contributed by atoms with Crippen molar-refractivity contribution < 1.29 is 14.7 Å². The zero-order valence-electron chi connectivity index (χ0n) is 13.6. The van der Waals surface area contributed by atoms with E-state index in [1.165, 1.54) is 6.26 Å². The molecule has 0 bridgehead atoms. The van der Waals surface area contributed by atoms with Gasteiger partial charge in [0.1, 0.15) is 6.26 Å². The lowest BCUT2D eigenvalue weighted by Gasteiger charge is -2.26. The van der Waals surface area contributed by atoms with E-state index in [4.69, 9.17) is 4.74 Å². The lowest BCUT2D eigenvalue weighted by molar-refractivity contribution is -0.154. The Labute approximate surface area is 141 Å². The molecule has 1 amide bonds. The summed E-state index contributed by atoms with van der Waals surface area (Å²) in [6.07, 6.45) is 0.861. The second kappa shape index (κ2) is 6.76. The number of amides is 1. The Morgan fingerprint density at radius 1 is 1.12 bits per heavy atom. The molecule has 1 heterocycles. The van der Waals surface area contributed by atoms with Crippen LogP contribution >= 0.6 is 0 Å². The summed E-state index contributed by atoms with van der Waals surface area (Å²) in [4.78, 5) is 12.4. The molecule has 3 rings (SSSR count). The normalized spacial score (nSPS) is 17.9. The predicted molar refractivity (Wildman–Crippen MR) is 91.1 cm³/mol. The fourth-order valence-corrected chi connectivity index (χ4v) is 2.62. The van der Waals surface area contributed by atoms with Crippen molar-refractivity contribution in [2.45, 2.75) is 26.1 Å². The number of hydrogen-bond donors (Lipinski definition) is 2. The van der Waals surface area contributed by atoms with Crippen LogP contribution in [-0.4, -0.2) is 28.4 Å². The summed E-state index contributed by atoms with van der Waals surface area (Å²) in [5.74, 6) is -0.205. The Morgan fingerprint density at radius 2 is 1.75 bits per heavy atom. The minimum Gasteiger partial charge on any atom is -0.472 e. The van der Waals surface area contributed by atoms with E-state index in [-0.39, 0.29) is 11.9 Å². The van der Waals surface area contributed by atoms with Crippen LogP contribution in [0.3, 0.4) is 0 Å². The van der Waals surface area contributed by atoms with Gasteiger partial charge in [0.05, 0.1) is 11.7 Å². The fourth-order valence-electron chi connectivity index (χ4n) is 2.62. The molecule has 1 aliphatic rings. The molecule has 124 valence electrons. The number of carbonyl (C=O) groups is 1. The van der Waals surface area contributed by atoms with Crippen molar-refractivity contribution in [2.75, 3.05) is 0 Å². The van der Waals surface area contributed by atoms with E-state index < -0.39 is 6.23 Å². The van der Waals surface area contributed by atoms with Gasteiger partial charge in [-0.05, 0) is 37.1 Å². The highest BCUT2D eigenvalue weighted by Gasteiger charge is 2.30. The minimum atomic E-state index is -0.613. The summed E-state index contributed by atoms with van der Waals surface area (Å²) in [5.41, 5.74) is 3.33. The number of ether oxygens (including phenoxy) is 1. The predicted octanol–water partition coefficient (Wildman–Crippen LogP) is 3.38. The van der Waals surface area contributed by atoms with Crippen LogP contribution in [0.15, 0.2) is 66.6 Å². The van der Waals surface area contributed by atoms with E-state index in [0.29, 0.717) is 11.3 Å². The van der Waals surface area contributed by atoms with Crippen LogP contribution in [0.1, 0.15) is 24.2 Å². The molecule has 5 heteroatoms. The molecule has 0 saturated heterocycles. The highest BCUT2D eigenvalue weighted by Crippen LogP contribution is 2.21. The van der Waals surface area contributed by atoms with Gasteiger partial charge >= 0.3 is 0 Å². The fraction of sp³-hybridized carbons (Fsp3) is 0.211. The van der Waals surface area contributed by atoms with E-state index >= 15 is 0 Å². The Balaban J connectivity index is 1.65. The highest BCUT2D eigenvalue weighted by molar-refractivity contribution is 5.94. The van der Waals surface area contributed by atoms with Crippen LogP contribution in [0.25, 0.3) is 11.1 Å². The summed E-state index contributed by atoms with van der Waals surface area (Å²) in [5, 5.41) is 13.7. The van der Waals surface area contributed by atoms with Gasteiger partial charge < -0.3 is 10.1 Å². The van der Waals surface area contributed by atoms with Crippen LogP contribution in [0.4, 0.5) is 0 Å². The van der Waals surface area contributed by atoms with Gasteiger partial charge in [-0.15, -0.1) is 0 Å². The van der Waals surface area contributed by atoms with E-state index in [0.717, 1.165) is 16.2 Å². The van der Waals surface area contributed by atoms with Gasteiger partial charge in [0.2, 0.25) is 6.23 Å². The Kier molecular flexibility index (Phi) is 4.53. The molecule has 2 atom stereocenters. The second-order valence-corrected chi connectivity index (χ2v) is 5.84. The molecule has 0 saturated carbocycles. The third-order valence-corrected chi connectivity index (χ3v) is 4.02. The molecule has 5 nitrogen and oxygen atoms in total. The lowest BCUT2D eigenvalue weighted by Crippen LogP contribution is -2.47. The quantitative estimate of drug-likeness (QED) is 0.905. The molecule has 1 unspecified atom stereocenters. The number of rotatable bonds is 4. The Bertz CT molecular complexity index is 741. The third kappa shape index (κ3) is 3.26. The van der Waals surface area contributed by atoms with Crippen molar-refractivity contribution in [1.29, 1.82) is 0 Å². The number of nitrogens with one attached hydrogen (secondary N) is 1. The van der Waals surface area contributed by atoms with Crippen LogP contribution in [-0.2, 0) is 4.74 Å². The average molecular weight is 324 g/mol. The summed E-state index contributed by atoms with van der Waals surface area (Å²) in [6, 6.07) is 17.0. The SMILES string of the molecule is CC1=COC([C@H](C)NC(=O)c2ccc(-c3ccccc3)cc2)N1O. The summed E-state index contributed by atoms with van der Waals surface area (Å²) in [7, 11) is 0. The number of hydroxylamine groups is 2. The maximum atomic E-state index is 12.4. The van der Waals surface area contributed by atoms with Gasteiger partial charge in [0, 0.05) is 5.56 Å². The largest absolute Gasteiger partial charge is 0.472 e. The zero-order chi connectivity index (χ0) is 17.1. The van der Waals surface area contributed by atoms with Gasteiger partial charge in [-0.3, -0.25) is 10.0 Å². The molecular formula is C19H20N2O3. The molecule has 0 fully saturated rings. The molecule has 0 aliphatic carbocycles. The number of hydrogen-bond acceptors (Lipinski definition) is 4. The van der Waals surface area contributed by atoms with E-state index in [2.05, 4.69) is 5.32 Å². The first kappa shape index (κ1) is 16.1. The standard InChI is InChI=1S/C19H20N2O3/c1-13-12-24-19(21(13)23)14(2)20-18(22)17-10-8-16(9-11-17)15-6-4-3-5-7-15/h3-12,14,19,23H,1-2H3,(H,20,22)/t14-,19?/m0/s1. The molecule has 0 aromatic heterocycles. The third-order valence-electron chi connectivity index (χ3n) is 4.02. The van der Waals surface area contributed by atoms with Crippen molar-refractivity contribution in [3.8, 4) is 11.1 Å². The number of nitrogens with zero attached hydrogens (tertiary/aromatic N) is 1. The monoisotopic (exact) mass is 324 g/mol. The number of carbonyl (C=O) groups excluding carboxylic acids is 1. The first-order chi connectivity index (χ1) is 11.6. The van der Waals surface area contributed by atoms with Crippen LogP contribution in [0.5, 0.6) is 0 Å². The van der Waals surface area contributed by atoms with Crippen molar-refractivity contribution in [1.82, 2.24) is 10.4 Å². The lowest BCUT2D eigenvalue weighted by atomic mass is 10.0. The topological polar surface area (TPSA) is 61.8 Å². The van der Waals surface area contributed by atoms with Crippen molar-refractivity contribution in [2.24, 2.45) is 0 Å². The summed E-state index contributed by atoms with van der Waals surface area (Å²) >= 11 is 0. The number of allylic oxidation sites excluding steroid dienone is 1. The van der Waals surface area contributed by atoms with E-state index in [1.807, 2.05) is 42.5 Å². The van der Waals surface area contributed by atoms with E-state index in [1.54, 1.807) is 26.0 Å². The summed E-state index contributed by atoms with van der Waals surface area (Å²) < 4.78 is 5.35. The molecule has 2 aromatic carbocycles. The van der Waals surface area contributed by atoms with Gasteiger partial charge in [-0.1, -0.05) is 42.5 Å². The maximum absolute atomic E-state index is 12.4. The zero-order valence-corrected chi connectivity index (χ0v) is 13.6. The molecule has 1 aliphatic heterocycles. The molecule has 0 radical (unpaired) electrons. The molecular weight excluding hydrogens is 304 g/mol. The van der Waals surface area contributed by atoms with E-state index in [9.17, 15) is 10.0 Å². The van der Waals surface area contributed by atoms with Crippen molar-refractivity contribution in [3.05, 3.63) is 72.1 Å². The van der Waals surface area contributed by atoms with Crippen molar-refractivity contribution in [3.63, 3.8) is 0 Å². The van der Waals surface area contributed by atoms with Crippen LogP contribution < -0.4 is 5.32 Å². The highest BCUT2D eigenvalue weighted by atomic mass is 16.6. The summed E-state index contributed by atoms with van der Waals surface area (Å²) in [6.45, 7) is 3.52. The second-order valence-electron chi connectivity index (χ2n) is 5.84. The van der Waals surface area contributed by atoms with Gasteiger partial charge in [0.25, 0.3) is 5.91 Å². The molecule has 2 aromatic rings. The van der Waals surface area contributed by atoms with Gasteiger partial charge in [-0.25, -0.2) is 5.06 Å². The molecule has 2 N–H and O–H groups in total. The van der Waals surface area contributed by atoms with Gasteiger partial charge in [0.15, 0.2) is 0 Å². The molecule has 24 heavy (non-hydrogen) atoms. The Hall–Kier alpha value is -2.79. The molecule has 0 spiro atoms.